The Hall–Kier alpha value is -2.38. The van der Waals surface area contributed by atoms with Gasteiger partial charge in [-0.25, -0.2) is 4.79 Å². The Morgan fingerprint density at radius 1 is 1.13 bits per heavy atom. The van der Waals surface area contributed by atoms with Crippen LogP contribution in [0.3, 0.4) is 0 Å². The van der Waals surface area contributed by atoms with E-state index in [1.807, 2.05) is 23.1 Å². The topological polar surface area (TPSA) is 64.7 Å². The summed E-state index contributed by atoms with van der Waals surface area (Å²) in [4.78, 5) is 29.5. The number of likely N-dealkylation sites (N-methyl/N-ethyl adjacent to an activating group) is 1. The van der Waals surface area contributed by atoms with Crippen molar-refractivity contribution in [2.75, 3.05) is 38.0 Å². The van der Waals surface area contributed by atoms with Crippen molar-refractivity contribution in [1.29, 1.82) is 0 Å². The molecule has 162 valence electrons. The Morgan fingerprint density at radius 2 is 1.90 bits per heavy atom. The van der Waals surface area contributed by atoms with Crippen LogP contribution in [0.4, 0.5) is 10.5 Å². The summed E-state index contributed by atoms with van der Waals surface area (Å²) in [7, 11) is 0. The fourth-order valence-electron chi connectivity index (χ4n) is 3.96. The largest absolute Gasteiger partial charge is 0.339 e. The summed E-state index contributed by atoms with van der Waals surface area (Å²) in [5, 5.41) is 10.1. The third-order valence-electron chi connectivity index (χ3n) is 5.65. The number of hydrogen-bond donors (Lipinski definition) is 2. The van der Waals surface area contributed by atoms with Crippen molar-refractivity contribution in [2.45, 2.75) is 39.2 Å². The molecular formula is C23H32N4O2S. The maximum absolute atomic E-state index is 12.7. The zero-order valence-corrected chi connectivity index (χ0v) is 18.7. The molecule has 0 bridgehead atoms. The number of piperidine rings is 1. The van der Waals surface area contributed by atoms with Gasteiger partial charge in [0, 0.05) is 30.9 Å². The lowest BCUT2D eigenvalue weighted by Crippen LogP contribution is -2.39. The molecule has 1 aliphatic heterocycles. The summed E-state index contributed by atoms with van der Waals surface area (Å²) in [6, 6.07) is 9.20. The van der Waals surface area contributed by atoms with Crippen molar-refractivity contribution in [3.8, 4) is 0 Å². The van der Waals surface area contributed by atoms with E-state index in [2.05, 4.69) is 46.2 Å². The molecule has 2 aromatic rings. The van der Waals surface area contributed by atoms with Crippen LogP contribution in [0.25, 0.3) is 0 Å². The molecule has 6 nitrogen and oxygen atoms in total. The Balaban J connectivity index is 1.59. The minimum atomic E-state index is -0.259. The van der Waals surface area contributed by atoms with E-state index >= 15 is 0 Å². The van der Waals surface area contributed by atoms with Crippen LogP contribution in [-0.4, -0.2) is 54.5 Å². The molecular weight excluding hydrogens is 396 g/mol. The molecule has 0 saturated carbocycles. The highest BCUT2D eigenvalue weighted by molar-refractivity contribution is 7.08. The number of carbonyl (C=O) groups is 2. The summed E-state index contributed by atoms with van der Waals surface area (Å²) >= 11 is 1.67. The van der Waals surface area contributed by atoms with Gasteiger partial charge in [0.05, 0.1) is 6.04 Å². The first-order valence-electron chi connectivity index (χ1n) is 10.8. The normalized spacial score (nSPS) is 15.1. The van der Waals surface area contributed by atoms with E-state index in [1.54, 1.807) is 17.4 Å². The first-order valence-corrected chi connectivity index (χ1v) is 11.8. The van der Waals surface area contributed by atoms with Gasteiger partial charge in [-0.15, -0.1) is 0 Å². The van der Waals surface area contributed by atoms with Gasteiger partial charge in [-0.05, 0) is 72.9 Å². The minimum Gasteiger partial charge on any atom is -0.339 e. The highest BCUT2D eigenvalue weighted by Crippen LogP contribution is 2.22. The monoisotopic (exact) mass is 428 g/mol. The summed E-state index contributed by atoms with van der Waals surface area (Å²) in [6.07, 6.45) is 3.30. The number of nitrogens with one attached hydrogen (secondary N) is 2. The highest BCUT2D eigenvalue weighted by atomic mass is 32.1. The number of nitrogens with zero attached hydrogens (tertiary/aromatic N) is 2. The van der Waals surface area contributed by atoms with Gasteiger partial charge < -0.3 is 15.5 Å². The van der Waals surface area contributed by atoms with Gasteiger partial charge in [-0.3, -0.25) is 9.69 Å². The second-order valence-corrected chi connectivity index (χ2v) is 8.34. The van der Waals surface area contributed by atoms with Crippen molar-refractivity contribution in [3.63, 3.8) is 0 Å². The van der Waals surface area contributed by atoms with Crippen molar-refractivity contribution in [3.05, 3.63) is 52.2 Å². The Morgan fingerprint density at radius 3 is 2.57 bits per heavy atom. The van der Waals surface area contributed by atoms with Crippen LogP contribution in [0.5, 0.6) is 0 Å². The first-order chi connectivity index (χ1) is 14.6. The molecule has 3 rings (SSSR count). The molecule has 1 saturated heterocycles. The number of amides is 3. The first kappa shape index (κ1) is 22.3. The molecule has 1 fully saturated rings. The number of benzene rings is 1. The Labute approximate surface area is 183 Å². The van der Waals surface area contributed by atoms with Crippen molar-refractivity contribution in [1.82, 2.24) is 15.1 Å². The summed E-state index contributed by atoms with van der Waals surface area (Å²) in [5.41, 5.74) is 2.47. The van der Waals surface area contributed by atoms with E-state index in [4.69, 9.17) is 0 Å². The average molecular weight is 429 g/mol. The molecule has 2 N–H and O–H groups in total. The van der Waals surface area contributed by atoms with Gasteiger partial charge in [0.1, 0.15) is 0 Å². The van der Waals surface area contributed by atoms with E-state index in [0.717, 1.165) is 39.0 Å². The van der Waals surface area contributed by atoms with Crippen LogP contribution < -0.4 is 10.6 Å². The SMILES string of the molecule is CCN(CC)[C@@H](CNC(=O)Nc1cccc(C(=O)N2CCCCC2)c1)c1ccsc1. The molecule has 7 heteroatoms. The van der Waals surface area contributed by atoms with Gasteiger partial charge in [-0.1, -0.05) is 19.9 Å². The van der Waals surface area contributed by atoms with Gasteiger partial charge in [0.15, 0.2) is 0 Å². The van der Waals surface area contributed by atoms with Crippen molar-refractivity contribution >= 4 is 29.0 Å². The predicted molar refractivity (Wildman–Crippen MR) is 123 cm³/mol. The third-order valence-corrected chi connectivity index (χ3v) is 6.35. The molecule has 0 aliphatic carbocycles. The zero-order valence-electron chi connectivity index (χ0n) is 17.9. The molecule has 3 amide bonds. The van der Waals surface area contributed by atoms with Gasteiger partial charge in [0.25, 0.3) is 5.91 Å². The zero-order chi connectivity index (χ0) is 21.3. The summed E-state index contributed by atoms with van der Waals surface area (Å²) < 4.78 is 0. The summed E-state index contributed by atoms with van der Waals surface area (Å²) in [6.45, 7) is 8.25. The van der Waals surface area contributed by atoms with E-state index in [1.165, 1.54) is 12.0 Å². The lowest BCUT2D eigenvalue weighted by molar-refractivity contribution is 0.0724. The number of hydrogen-bond acceptors (Lipinski definition) is 4. The number of urea groups is 1. The molecule has 0 spiro atoms. The van der Waals surface area contributed by atoms with Crippen LogP contribution in [-0.2, 0) is 0 Å². The standard InChI is InChI=1S/C23H32N4O2S/c1-3-26(4-2)21(19-11-14-30-17-19)16-24-23(29)25-20-10-8-9-18(15-20)22(28)27-12-6-5-7-13-27/h8-11,14-15,17,21H,3-7,12-13,16H2,1-2H3,(H2,24,25,29)/t21-/m0/s1. The molecule has 0 radical (unpaired) electrons. The van der Waals surface area contributed by atoms with Gasteiger partial charge >= 0.3 is 6.03 Å². The number of anilines is 1. The van der Waals surface area contributed by atoms with Crippen LogP contribution in [0.2, 0.25) is 0 Å². The molecule has 0 unspecified atom stereocenters. The molecule has 30 heavy (non-hydrogen) atoms. The van der Waals surface area contributed by atoms with Crippen LogP contribution in [0.1, 0.15) is 55.1 Å². The fraction of sp³-hybridized carbons (Fsp3) is 0.478. The maximum Gasteiger partial charge on any atom is 0.319 e. The quantitative estimate of drug-likeness (QED) is 0.647. The molecule has 1 atom stereocenters. The predicted octanol–water partition coefficient (Wildman–Crippen LogP) is 4.58. The van der Waals surface area contributed by atoms with Gasteiger partial charge in [0.2, 0.25) is 0 Å². The Kier molecular flexibility index (Phi) is 8.28. The number of rotatable bonds is 8. The average Bonchev–Trinajstić information content (AvgIpc) is 3.31. The van der Waals surface area contributed by atoms with Crippen LogP contribution in [0, 0.1) is 0 Å². The van der Waals surface area contributed by atoms with Crippen molar-refractivity contribution in [2.24, 2.45) is 0 Å². The molecule has 1 aromatic carbocycles. The number of likely N-dealkylation sites (tertiary alicyclic amines) is 1. The van der Waals surface area contributed by atoms with Crippen molar-refractivity contribution < 1.29 is 9.59 Å². The van der Waals surface area contributed by atoms with E-state index in [-0.39, 0.29) is 18.0 Å². The highest BCUT2D eigenvalue weighted by Gasteiger charge is 2.20. The van der Waals surface area contributed by atoms with Gasteiger partial charge in [-0.2, -0.15) is 11.3 Å². The second-order valence-electron chi connectivity index (χ2n) is 7.56. The molecule has 2 heterocycles. The minimum absolute atomic E-state index is 0.0396. The fourth-order valence-corrected chi connectivity index (χ4v) is 4.67. The van der Waals surface area contributed by atoms with Crippen LogP contribution in [0.15, 0.2) is 41.1 Å². The number of carbonyl (C=O) groups excluding carboxylic acids is 2. The van der Waals surface area contributed by atoms with E-state index in [9.17, 15) is 9.59 Å². The molecule has 1 aliphatic rings. The summed E-state index contributed by atoms with van der Waals surface area (Å²) in [5.74, 6) is 0.0396. The molecule has 1 aromatic heterocycles. The maximum atomic E-state index is 12.7. The third kappa shape index (κ3) is 5.83. The number of thiophene rings is 1. The second kappa shape index (κ2) is 11.1. The lowest BCUT2D eigenvalue weighted by Gasteiger charge is -2.29. The van der Waals surface area contributed by atoms with Crippen LogP contribution >= 0.6 is 11.3 Å². The Bertz CT molecular complexity index is 814. The lowest BCUT2D eigenvalue weighted by atomic mass is 10.1. The van der Waals surface area contributed by atoms with E-state index < -0.39 is 0 Å². The van der Waals surface area contributed by atoms with E-state index in [0.29, 0.717) is 17.8 Å². The smallest absolute Gasteiger partial charge is 0.319 e.